The summed E-state index contributed by atoms with van der Waals surface area (Å²) in [5.41, 5.74) is 0. The number of rotatable bonds is 58. The Morgan fingerprint density at radius 1 is 0.273 bits per heavy atom. The van der Waals surface area contributed by atoms with Gasteiger partial charge in [-0.05, 0) is 122 Å². The Labute approximate surface area is 476 Å². The lowest BCUT2D eigenvalue weighted by Gasteiger charge is -2.18. The van der Waals surface area contributed by atoms with Gasteiger partial charge in [-0.25, -0.2) is 0 Å². The van der Waals surface area contributed by atoms with E-state index < -0.39 is 6.10 Å². The first kappa shape index (κ1) is 73.1. The Kier molecular flexibility index (Phi) is 61.3. The van der Waals surface area contributed by atoms with E-state index in [2.05, 4.69) is 130 Å². The number of hydrogen-bond acceptors (Lipinski definition) is 6. The van der Waals surface area contributed by atoms with Crippen molar-refractivity contribution in [2.75, 3.05) is 13.2 Å². The Balaban J connectivity index is 4.12. The van der Waals surface area contributed by atoms with E-state index in [9.17, 15) is 14.4 Å². The minimum Gasteiger partial charge on any atom is -0.462 e. The van der Waals surface area contributed by atoms with E-state index in [1.54, 1.807) is 0 Å². The highest BCUT2D eigenvalue weighted by Gasteiger charge is 2.19. The molecular weight excluding hydrogens is 949 g/mol. The van der Waals surface area contributed by atoms with Crippen molar-refractivity contribution in [3.8, 4) is 0 Å². The van der Waals surface area contributed by atoms with Crippen LogP contribution in [0, 0.1) is 0 Å². The molecule has 1 atom stereocenters. The predicted octanol–water partition coefficient (Wildman–Crippen LogP) is 22.2. The van der Waals surface area contributed by atoms with Crippen LogP contribution in [0.5, 0.6) is 0 Å². The number of unbranched alkanes of at least 4 members (excludes halogenated alkanes) is 29. The van der Waals surface area contributed by atoms with E-state index in [0.717, 1.165) is 122 Å². The zero-order valence-electron chi connectivity index (χ0n) is 50.4. The van der Waals surface area contributed by atoms with Crippen LogP contribution in [0.4, 0.5) is 0 Å². The molecule has 0 aromatic carbocycles. The maximum atomic E-state index is 12.8. The molecule has 0 saturated carbocycles. The molecule has 0 aromatic heterocycles. The Morgan fingerprint density at radius 3 is 0.844 bits per heavy atom. The molecule has 0 saturated heterocycles. The smallest absolute Gasteiger partial charge is 0.306 e. The molecule has 0 bridgehead atoms. The molecule has 0 heterocycles. The first-order valence-electron chi connectivity index (χ1n) is 32.4. The number of carbonyl (C=O) groups is 3. The molecule has 0 aliphatic heterocycles. The summed E-state index contributed by atoms with van der Waals surface area (Å²) in [4.78, 5) is 38.1. The number of esters is 3. The number of carbonyl (C=O) groups excluding carboxylic acids is 3. The molecule has 6 nitrogen and oxygen atoms in total. The fraction of sp³-hybridized carbons (Fsp3) is 0.704. The molecule has 0 aromatic rings. The molecule has 0 spiro atoms. The Hall–Kier alpha value is -3.93. The molecule has 440 valence electrons. The average molecular weight is 1070 g/mol. The lowest BCUT2D eigenvalue weighted by Crippen LogP contribution is -2.30. The summed E-state index contributed by atoms with van der Waals surface area (Å²) >= 11 is 0. The van der Waals surface area contributed by atoms with Gasteiger partial charge in [0, 0.05) is 19.3 Å². The van der Waals surface area contributed by atoms with Gasteiger partial charge in [-0.3, -0.25) is 14.4 Å². The van der Waals surface area contributed by atoms with Crippen LogP contribution >= 0.6 is 0 Å². The van der Waals surface area contributed by atoms with Crippen molar-refractivity contribution in [1.82, 2.24) is 0 Å². The molecule has 77 heavy (non-hydrogen) atoms. The summed E-state index contributed by atoms with van der Waals surface area (Å²) in [5, 5.41) is 0. The van der Waals surface area contributed by atoms with Crippen molar-refractivity contribution >= 4 is 17.9 Å². The van der Waals surface area contributed by atoms with Crippen LogP contribution in [0.15, 0.2) is 109 Å². The number of allylic oxidation sites excluding steroid dienone is 18. The van der Waals surface area contributed by atoms with Gasteiger partial charge in [-0.2, -0.15) is 0 Å². The highest BCUT2D eigenvalue weighted by Crippen LogP contribution is 2.16. The quantitative estimate of drug-likeness (QED) is 0.0261. The second-order valence-electron chi connectivity index (χ2n) is 21.3. The van der Waals surface area contributed by atoms with Crippen molar-refractivity contribution < 1.29 is 28.6 Å². The third kappa shape index (κ3) is 62.8. The molecule has 0 radical (unpaired) electrons. The van der Waals surface area contributed by atoms with Gasteiger partial charge in [-0.1, -0.05) is 271 Å². The predicted molar refractivity (Wildman–Crippen MR) is 334 cm³/mol. The van der Waals surface area contributed by atoms with Gasteiger partial charge in [0.1, 0.15) is 13.2 Å². The van der Waals surface area contributed by atoms with Gasteiger partial charge >= 0.3 is 17.9 Å². The van der Waals surface area contributed by atoms with Gasteiger partial charge < -0.3 is 14.2 Å². The zero-order chi connectivity index (χ0) is 55.7. The molecule has 0 rings (SSSR count). The van der Waals surface area contributed by atoms with Crippen molar-refractivity contribution in [3.05, 3.63) is 109 Å². The average Bonchev–Trinajstić information content (AvgIpc) is 3.43. The Bertz CT molecular complexity index is 1560. The summed E-state index contributed by atoms with van der Waals surface area (Å²) in [7, 11) is 0. The maximum Gasteiger partial charge on any atom is 0.306 e. The lowest BCUT2D eigenvalue weighted by molar-refractivity contribution is -0.167. The fourth-order valence-corrected chi connectivity index (χ4v) is 8.87. The van der Waals surface area contributed by atoms with E-state index in [0.29, 0.717) is 19.3 Å². The molecule has 1 unspecified atom stereocenters. The van der Waals surface area contributed by atoms with Crippen molar-refractivity contribution in [2.45, 2.75) is 309 Å². The third-order valence-corrected chi connectivity index (χ3v) is 13.7. The highest BCUT2D eigenvalue weighted by atomic mass is 16.6. The Morgan fingerprint density at radius 2 is 0.519 bits per heavy atom. The largest absolute Gasteiger partial charge is 0.462 e. The molecule has 0 N–H and O–H groups in total. The van der Waals surface area contributed by atoms with Crippen LogP contribution in [-0.2, 0) is 28.6 Å². The monoisotopic (exact) mass is 1070 g/mol. The van der Waals surface area contributed by atoms with Gasteiger partial charge in [0.2, 0.25) is 0 Å². The normalized spacial score (nSPS) is 12.8. The van der Waals surface area contributed by atoms with E-state index in [1.807, 2.05) is 0 Å². The molecule has 0 amide bonds. The second kappa shape index (κ2) is 64.6. The standard InChI is InChI=1S/C71H120O6/c1-4-7-10-13-16-19-22-24-25-26-27-28-29-30-31-32-33-34-35-36-37-38-39-40-41-42-43-44-45-47-49-52-55-58-61-64-70(73)76-67-68(66-75-69(72)63-60-57-54-51-48-21-18-15-12-9-6-3)77-71(74)65-62-59-56-53-50-46-23-20-17-14-11-8-5-2/h7,10,15-16,18-20,23-25,27-28,30-31,33-34,36-37,68H,4-6,8-9,11-14,17,21-22,26,29,32,35,38-67H2,1-3H3/b10-7-,18-15-,19-16-,23-20-,25-24-,28-27-,31-30-,34-33-,37-36-. The zero-order valence-corrected chi connectivity index (χ0v) is 50.4. The van der Waals surface area contributed by atoms with Crippen LogP contribution in [0.3, 0.4) is 0 Å². The van der Waals surface area contributed by atoms with E-state index in [1.165, 1.54) is 141 Å². The second-order valence-corrected chi connectivity index (χ2v) is 21.3. The summed E-state index contributed by atoms with van der Waals surface area (Å²) in [6.07, 6.45) is 88.3. The highest BCUT2D eigenvalue weighted by molar-refractivity contribution is 5.71. The molecule has 0 aliphatic carbocycles. The van der Waals surface area contributed by atoms with Crippen LogP contribution in [0.25, 0.3) is 0 Å². The van der Waals surface area contributed by atoms with Crippen molar-refractivity contribution in [3.63, 3.8) is 0 Å². The summed E-state index contributed by atoms with van der Waals surface area (Å²) in [6, 6.07) is 0. The van der Waals surface area contributed by atoms with Crippen LogP contribution < -0.4 is 0 Å². The minimum absolute atomic E-state index is 0.0828. The molecule has 0 aliphatic rings. The van der Waals surface area contributed by atoms with Gasteiger partial charge in [0.25, 0.3) is 0 Å². The first-order valence-corrected chi connectivity index (χ1v) is 32.4. The number of hydrogen-bond donors (Lipinski definition) is 0. The first-order chi connectivity index (χ1) is 38.0. The molecule has 0 fully saturated rings. The topological polar surface area (TPSA) is 78.9 Å². The summed E-state index contributed by atoms with van der Waals surface area (Å²) in [5.74, 6) is -0.897. The SMILES string of the molecule is CC/C=C\C/C=C\C/C=C\C/C=C\C/C=C\C/C=C\C/C=C\CCCCCCCCCCCCCCCC(=O)OCC(COC(=O)CCCCCCC/C=C\CCCC)OC(=O)CCCCCCC/C=C\CCCCCC. The van der Waals surface area contributed by atoms with Crippen LogP contribution in [0.1, 0.15) is 303 Å². The van der Waals surface area contributed by atoms with Crippen molar-refractivity contribution in [1.29, 1.82) is 0 Å². The molecule has 6 heteroatoms. The lowest BCUT2D eigenvalue weighted by atomic mass is 10.0. The van der Waals surface area contributed by atoms with E-state index in [-0.39, 0.29) is 31.1 Å². The van der Waals surface area contributed by atoms with Crippen molar-refractivity contribution in [2.24, 2.45) is 0 Å². The maximum absolute atomic E-state index is 12.8. The van der Waals surface area contributed by atoms with Gasteiger partial charge in [-0.15, -0.1) is 0 Å². The number of ether oxygens (including phenoxy) is 3. The fourth-order valence-electron chi connectivity index (χ4n) is 8.87. The van der Waals surface area contributed by atoms with E-state index >= 15 is 0 Å². The van der Waals surface area contributed by atoms with Gasteiger partial charge in [0.15, 0.2) is 6.10 Å². The minimum atomic E-state index is -0.785. The van der Waals surface area contributed by atoms with Crippen LogP contribution in [-0.4, -0.2) is 37.2 Å². The summed E-state index contributed by atoms with van der Waals surface area (Å²) in [6.45, 7) is 6.47. The molecular formula is C71H120O6. The van der Waals surface area contributed by atoms with E-state index in [4.69, 9.17) is 14.2 Å². The summed E-state index contributed by atoms with van der Waals surface area (Å²) < 4.78 is 16.9. The van der Waals surface area contributed by atoms with Gasteiger partial charge in [0.05, 0.1) is 0 Å². The van der Waals surface area contributed by atoms with Crippen LogP contribution in [0.2, 0.25) is 0 Å². The third-order valence-electron chi connectivity index (χ3n) is 13.7.